The Hall–Kier alpha value is -1.29. The van der Waals surface area contributed by atoms with Gasteiger partial charge in [-0.05, 0) is 25.3 Å². The SMILES string of the molecule is O=C(NC1CC1)C1CCN(c2ccncc2Cl)C1. The first-order valence-electron chi connectivity index (χ1n) is 6.39. The molecule has 0 spiro atoms. The zero-order valence-corrected chi connectivity index (χ0v) is 10.9. The Morgan fingerprint density at radius 2 is 2.28 bits per heavy atom. The minimum absolute atomic E-state index is 0.0924. The number of aromatic nitrogens is 1. The van der Waals surface area contributed by atoms with Crippen molar-refractivity contribution in [3.8, 4) is 0 Å². The van der Waals surface area contributed by atoms with Gasteiger partial charge in [-0.3, -0.25) is 9.78 Å². The second kappa shape index (κ2) is 4.76. The van der Waals surface area contributed by atoms with Gasteiger partial charge in [0.05, 0.1) is 16.6 Å². The molecule has 1 aliphatic carbocycles. The third kappa shape index (κ3) is 2.43. The molecule has 3 rings (SSSR count). The standard InChI is InChI=1S/C13H16ClN3O/c14-11-7-15-5-3-12(11)17-6-4-9(8-17)13(18)16-10-1-2-10/h3,5,7,9-10H,1-2,4,6,8H2,(H,16,18). The fourth-order valence-electron chi connectivity index (χ4n) is 2.36. The average molecular weight is 266 g/mol. The Kier molecular flexibility index (Phi) is 3.12. The van der Waals surface area contributed by atoms with E-state index >= 15 is 0 Å². The van der Waals surface area contributed by atoms with E-state index in [1.165, 1.54) is 0 Å². The summed E-state index contributed by atoms with van der Waals surface area (Å²) in [5.41, 5.74) is 0.980. The maximum Gasteiger partial charge on any atom is 0.225 e. The Morgan fingerprint density at radius 1 is 1.44 bits per heavy atom. The van der Waals surface area contributed by atoms with E-state index < -0.39 is 0 Å². The van der Waals surface area contributed by atoms with Crippen LogP contribution in [0.3, 0.4) is 0 Å². The van der Waals surface area contributed by atoms with Gasteiger partial charge in [0.25, 0.3) is 0 Å². The number of pyridine rings is 1. The number of carbonyl (C=O) groups excluding carboxylic acids is 1. The van der Waals surface area contributed by atoms with E-state index in [9.17, 15) is 4.79 Å². The van der Waals surface area contributed by atoms with Crippen LogP contribution in [0.2, 0.25) is 5.02 Å². The highest BCUT2D eigenvalue weighted by atomic mass is 35.5. The first-order chi connectivity index (χ1) is 8.74. The Bertz CT molecular complexity index is 461. The number of amides is 1. The predicted octanol–water partition coefficient (Wildman–Crippen LogP) is 1.84. The number of nitrogens with zero attached hydrogens (tertiary/aromatic N) is 2. The number of hydrogen-bond acceptors (Lipinski definition) is 3. The van der Waals surface area contributed by atoms with Crippen LogP contribution in [0, 0.1) is 5.92 Å². The van der Waals surface area contributed by atoms with Gasteiger partial charge in [0.1, 0.15) is 0 Å². The maximum atomic E-state index is 12.0. The summed E-state index contributed by atoms with van der Waals surface area (Å²) in [6, 6.07) is 2.35. The smallest absolute Gasteiger partial charge is 0.225 e. The molecule has 5 heteroatoms. The molecular formula is C13H16ClN3O. The summed E-state index contributed by atoms with van der Waals surface area (Å²) < 4.78 is 0. The Morgan fingerprint density at radius 3 is 3.00 bits per heavy atom. The fraction of sp³-hybridized carbons (Fsp3) is 0.538. The van der Waals surface area contributed by atoms with Crippen molar-refractivity contribution in [2.24, 2.45) is 5.92 Å². The fourth-order valence-corrected chi connectivity index (χ4v) is 2.60. The van der Waals surface area contributed by atoms with Crippen LogP contribution in [0.5, 0.6) is 0 Å². The molecule has 1 atom stereocenters. The minimum Gasteiger partial charge on any atom is -0.369 e. The largest absolute Gasteiger partial charge is 0.369 e. The number of carbonyl (C=O) groups is 1. The van der Waals surface area contributed by atoms with Gasteiger partial charge >= 0.3 is 0 Å². The number of anilines is 1. The van der Waals surface area contributed by atoms with Gasteiger partial charge in [0.2, 0.25) is 5.91 Å². The van der Waals surface area contributed by atoms with Gasteiger partial charge in [0, 0.05) is 31.5 Å². The van der Waals surface area contributed by atoms with Crippen LogP contribution < -0.4 is 10.2 Å². The van der Waals surface area contributed by atoms with Gasteiger partial charge in [0.15, 0.2) is 0 Å². The van der Waals surface area contributed by atoms with Gasteiger partial charge in [-0.25, -0.2) is 0 Å². The normalized spacial score (nSPS) is 23.2. The molecule has 1 N–H and O–H groups in total. The highest BCUT2D eigenvalue weighted by molar-refractivity contribution is 6.33. The summed E-state index contributed by atoms with van der Waals surface area (Å²) in [5.74, 6) is 0.292. The molecule has 4 nitrogen and oxygen atoms in total. The van der Waals surface area contributed by atoms with Gasteiger partial charge in [-0.1, -0.05) is 11.6 Å². The summed E-state index contributed by atoms with van der Waals surface area (Å²) >= 11 is 6.12. The number of halogens is 1. The van der Waals surface area contributed by atoms with E-state index in [1.54, 1.807) is 12.4 Å². The lowest BCUT2D eigenvalue weighted by molar-refractivity contribution is -0.124. The molecule has 2 aliphatic rings. The third-order valence-electron chi connectivity index (χ3n) is 3.57. The summed E-state index contributed by atoms with van der Waals surface area (Å²) in [7, 11) is 0. The molecule has 0 radical (unpaired) electrons. The topological polar surface area (TPSA) is 45.2 Å². The van der Waals surface area contributed by atoms with Gasteiger partial charge < -0.3 is 10.2 Å². The van der Waals surface area contributed by atoms with Crippen LogP contribution in [0.25, 0.3) is 0 Å². The summed E-state index contributed by atoms with van der Waals surface area (Å²) in [4.78, 5) is 18.1. The van der Waals surface area contributed by atoms with Crippen LogP contribution >= 0.6 is 11.6 Å². The average Bonchev–Trinajstić information content (AvgIpc) is 3.04. The lowest BCUT2D eigenvalue weighted by atomic mass is 10.1. The molecule has 18 heavy (non-hydrogen) atoms. The van der Waals surface area contributed by atoms with E-state index in [1.807, 2.05) is 6.07 Å². The van der Waals surface area contributed by atoms with Crippen molar-refractivity contribution < 1.29 is 4.79 Å². The molecular weight excluding hydrogens is 250 g/mol. The lowest BCUT2D eigenvalue weighted by Gasteiger charge is -2.19. The molecule has 0 bridgehead atoms. The maximum absolute atomic E-state index is 12.0. The first-order valence-corrected chi connectivity index (χ1v) is 6.76. The predicted molar refractivity (Wildman–Crippen MR) is 70.7 cm³/mol. The molecule has 96 valence electrons. The van der Waals surface area contributed by atoms with Crippen LogP contribution in [-0.2, 0) is 4.79 Å². The quantitative estimate of drug-likeness (QED) is 0.907. The molecule has 2 fully saturated rings. The second-order valence-electron chi connectivity index (χ2n) is 5.04. The van der Waals surface area contributed by atoms with E-state index in [0.717, 1.165) is 38.0 Å². The molecule has 1 saturated carbocycles. The summed E-state index contributed by atoms with van der Waals surface area (Å²) in [5, 5.41) is 3.72. The van der Waals surface area contributed by atoms with Crippen molar-refractivity contribution in [2.45, 2.75) is 25.3 Å². The Balaban J connectivity index is 1.64. The third-order valence-corrected chi connectivity index (χ3v) is 3.87. The zero-order valence-electron chi connectivity index (χ0n) is 10.1. The molecule has 1 aromatic rings. The van der Waals surface area contributed by atoms with Crippen molar-refractivity contribution in [1.82, 2.24) is 10.3 Å². The highest BCUT2D eigenvalue weighted by Crippen LogP contribution is 2.30. The highest BCUT2D eigenvalue weighted by Gasteiger charge is 2.32. The van der Waals surface area contributed by atoms with E-state index in [4.69, 9.17) is 11.6 Å². The number of nitrogens with one attached hydrogen (secondary N) is 1. The molecule has 2 heterocycles. The van der Waals surface area contributed by atoms with Crippen molar-refractivity contribution >= 4 is 23.2 Å². The Labute approximate surface area is 111 Å². The monoisotopic (exact) mass is 265 g/mol. The summed E-state index contributed by atoms with van der Waals surface area (Å²) in [6.45, 7) is 1.63. The molecule has 1 unspecified atom stereocenters. The summed E-state index contributed by atoms with van der Waals surface area (Å²) in [6.07, 6.45) is 6.56. The van der Waals surface area contributed by atoms with Gasteiger partial charge in [-0.2, -0.15) is 0 Å². The van der Waals surface area contributed by atoms with E-state index in [2.05, 4.69) is 15.2 Å². The van der Waals surface area contributed by atoms with Crippen molar-refractivity contribution in [2.75, 3.05) is 18.0 Å². The molecule has 1 saturated heterocycles. The molecule has 1 aliphatic heterocycles. The molecule has 1 amide bonds. The minimum atomic E-state index is 0.0924. The molecule has 1 aromatic heterocycles. The molecule has 0 aromatic carbocycles. The van der Waals surface area contributed by atoms with Crippen molar-refractivity contribution in [1.29, 1.82) is 0 Å². The first kappa shape index (κ1) is 11.8. The van der Waals surface area contributed by atoms with Crippen LogP contribution in [0.4, 0.5) is 5.69 Å². The van der Waals surface area contributed by atoms with E-state index in [-0.39, 0.29) is 11.8 Å². The van der Waals surface area contributed by atoms with Crippen molar-refractivity contribution in [3.05, 3.63) is 23.5 Å². The van der Waals surface area contributed by atoms with Crippen molar-refractivity contribution in [3.63, 3.8) is 0 Å². The van der Waals surface area contributed by atoms with E-state index in [0.29, 0.717) is 11.1 Å². The number of hydrogen-bond donors (Lipinski definition) is 1. The van der Waals surface area contributed by atoms with Gasteiger partial charge in [-0.15, -0.1) is 0 Å². The van der Waals surface area contributed by atoms with Crippen LogP contribution in [0.1, 0.15) is 19.3 Å². The van der Waals surface area contributed by atoms with Crippen LogP contribution in [-0.4, -0.2) is 30.0 Å². The lowest BCUT2D eigenvalue weighted by Crippen LogP contribution is -2.34. The zero-order chi connectivity index (χ0) is 12.5. The number of rotatable bonds is 3. The van der Waals surface area contributed by atoms with Crippen LogP contribution in [0.15, 0.2) is 18.5 Å². The second-order valence-corrected chi connectivity index (χ2v) is 5.45.